The number of rotatable bonds is 0. The van der Waals surface area contributed by atoms with E-state index >= 15 is 0 Å². The quantitative estimate of drug-likeness (QED) is 0.633. The summed E-state index contributed by atoms with van der Waals surface area (Å²) in [6.45, 7) is 5.70. The first-order chi connectivity index (χ1) is 13.3. The van der Waals surface area contributed by atoms with E-state index < -0.39 is 5.92 Å². The molecule has 7 nitrogen and oxygen atoms in total. The van der Waals surface area contributed by atoms with Gasteiger partial charge in [-0.15, -0.1) is 0 Å². The van der Waals surface area contributed by atoms with Gasteiger partial charge >= 0.3 is 0 Å². The fraction of sp³-hybridized carbons (Fsp3) is 0.900. The van der Waals surface area contributed by atoms with Crippen molar-refractivity contribution in [1.29, 1.82) is 5.26 Å². The second-order valence-corrected chi connectivity index (χ2v) is 6.52. The smallest absolute Gasteiger partial charge is 0.149 e. The third kappa shape index (κ3) is 14.7. The van der Waals surface area contributed by atoms with Crippen LogP contribution in [0, 0.1) is 17.2 Å². The van der Waals surface area contributed by atoms with Crippen molar-refractivity contribution in [3.63, 3.8) is 0 Å². The molecular weight excluding hydrogens is 350 g/mol. The standard InChI is InChI=1S/C20H35NO6/c21-18-19-6-3-5-9-24-11-13-26-15-17-27-16-14-25-12-10-23-8-4-1-2-7-20(19)22/h19H,1-17H2/t19-/m1/s1. The Hall–Kier alpha value is -1.04. The van der Waals surface area contributed by atoms with Crippen molar-refractivity contribution in [2.75, 3.05) is 66.1 Å². The number of nitriles is 1. The van der Waals surface area contributed by atoms with E-state index in [1.165, 1.54) is 0 Å². The normalized spacial score (nSPS) is 25.1. The molecule has 0 saturated carbocycles. The van der Waals surface area contributed by atoms with E-state index in [0.29, 0.717) is 78.9 Å². The molecule has 7 heteroatoms. The third-order valence-corrected chi connectivity index (χ3v) is 4.28. The highest BCUT2D eigenvalue weighted by molar-refractivity contribution is 5.83. The molecule has 1 saturated heterocycles. The number of nitrogens with zero attached hydrogens (tertiary/aromatic N) is 1. The summed E-state index contributed by atoms with van der Waals surface area (Å²) in [5, 5.41) is 9.21. The molecule has 1 atom stereocenters. The number of Topliss-reactive ketones (excluding diaryl/α,β-unsaturated/α-hetero) is 1. The SMILES string of the molecule is N#C[C@H]1CCCCOCCOCCOCCOCCOCCCCCC1=O. The third-order valence-electron chi connectivity index (χ3n) is 4.28. The van der Waals surface area contributed by atoms with Crippen molar-refractivity contribution >= 4 is 5.78 Å². The Bertz CT molecular complexity index is 398. The van der Waals surface area contributed by atoms with Crippen molar-refractivity contribution < 1.29 is 28.5 Å². The molecule has 0 aliphatic carbocycles. The predicted octanol–water partition coefficient (Wildman–Crippen LogP) is 2.52. The number of ether oxygens (including phenoxy) is 5. The summed E-state index contributed by atoms with van der Waals surface area (Å²) in [5.74, 6) is -0.412. The molecule has 0 radical (unpaired) electrons. The van der Waals surface area contributed by atoms with Gasteiger partial charge in [0.05, 0.1) is 58.9 Å². The lowest BCUT2D eigenvalue weighted by Gasteiger charge is -2.10. The summed E-state index contributed by atoms with van der Waals surface area (Å²) in [5.41, 5.74) is 0. The van der Waals surface area contributed by atoms with Gasteiger partial charge in [-0.3, -0.25) is 4.79 Å². The molecule has 156 valence electrons. The first kappa shape index (κ1) is 24.0. The Labute approximate surface area is 163 Å². The average Bonchev–Trinajstić information content (AvgIpc) is 2.68. The fourth-order valence-electron chi connectivity index (χ4n) is 2.69. The molecule has 0 bridgehead atoms. The van der Waals surface area contributed by atoms with Crippen molar-refractivity contribution in [3.8, 4) is 6.07 Å². The summed E-state index contributed by atoms with van der Waals surface area (Å²) in [6.07, 6.45) is 5.46. The van der Waals surface area contributed by atoms with E-state index in [-0.39, 0.29) is 5.78 Å². The van der Waals surface area contributed by atoms with Crippen LogP contribution in [-0.4, -0.2) is 71.9 Å². The Kier molecular flexibility index (Phi) is 16.3. The van der Waals surface area contributed by atoms with Crippen molar-refractivity contribution in [2.45, 2.75) is 44.9 Å². The highest BCUT2D eigenvalue weighted by atomic mass is 16.6. The van der Waals surface area contributed by atoms with Crippen LogP contribution >= 0.6 is 0 Å². The summed E-state index contributed by atoms with van der Waals surface area (Å²) in [7, 11) is 0. The minimum atomic E-state index is -0.479. The van der Waals surface area contributed by atoms with E-state index in [1.54, 1.807) is 0 Å². The van der Waals surface area contributed by atoms with E-state index in [4.69, 9.17) is 23.7 Å². The molecule has 0 spiro atoms. The van der Waals surface area contributed by atoms with Gasteiger partial charge in [-0.1, -0.05) is 6.42 Å². The Balaban J connectivity index is 2.22. The van der Waals surface area contributed by atoms with Crippen molar-refractivity contribution in [3.05, 3.63) is 0 Å². The summed E-state index contributed by atoms with van der Waals surface area (Å²) in [6, 6.07) is 2.15. The van der Waals surface area contributed by atoms with E-state index in [1.807, 2.05) is 0 Å². The first-order valence-corrected chi connectivity index (χ1v) is 10.2. The fourth-order valence-corrected chi connectivity index (χ4v) is 2.69. The molecule has 1 fully saturated rings. The topological polar surface area (TPSA) is 87.0 Å². The number of hydrogen-bond acceptors (Lipinski definition) is 7. The van der Waals surface area contributed by atoms with Crippen LogP contribution < -0.4 is 0 Å². The van der Waals surface area contributed by atoms with Gasteiger partial charge in [0.2, 0.25) is 0 Å². The molecule has 1 heterocycles. The van der Waals surface area contributed by atoms with Gasteiger partial charge < -0.3 is 23.7 Å². The highest BCUT2D eigenvalue weighted by Gasteiger charge is 2.16. The van der Waals surface area contributed by atoms with E-state index in [0.717, 1.165) is 32.1 Å². The van der Waals surface area contributed by atoms with Gasteiger partial charge in [0.15, 0.2) is 0 Å². The number of carbonyl (C=O) groups is 1. The second-order valence-electron chi connectivity index (χ2n) is 6.52. The minimum Gasteiger partial charge on any atom is -0.379 e. The van der Waals surface area contributed by atoms with Crippen LogP contribution in [0.15, 0.2) is 0 Å². The highest BCUT2D eigenvalue weighted by Crippen LogP contribution is 2.13. The van der Waals surface area contributed by atoms with Crippen LogP contribution in [0.25, 0.3) is 0 Å². The lowest BCUT2D eigenvalue weighted by atomic mass is 9.95. The lowest BCUT2D eigenvalue weighted by molar-refractivity contribution is -0.121. The van der Waals surface area contributed by atoms with Crippen molar-refractivity contribution in [2.24, 2.45) is 5.92 Å². The van der Waals surface area contributed by atoms with Crippen molar-refractivity contribution in [1.82, 2.24) is 0 Å². The Morgan fingerprint density at radius 2 is 1.07 bits per heavy atom. The van der Waals surface area contributed by atoms with Crippen LogP contribution in [0.3, 0.4) is 0 Å². The largest absolute Gasteiger partial charge is 0.379 e. The zero-order chi connectivity index (χ0) is 19.4. The van der Waals surface area contributed by atoms with Gasteiger partial charge in [-0.05, 0) is 32.1 Å². The number of ketones is 1. The number of carbonyl (C=O) groups excluding carboxylic acids is 1. The molecule has 0 aromatic carbocycles. The molecule has 0 aromatic rings. The Morgan fingerprint density at radius 3 is 1.56 bits per heavy atom. The molecule has 1 aliphatic heterocycles. The molecule has 0 N–H and O–H groups in total. The minimum absolute atomic E-state index is 0.0674. The molecule has 27 heavy (non-hydrogen) atoms. The first-order valence-electron chi connectivity index (χ1n) is 10.2. The molecule has 0 aromatic heterocycles. The lowest BCUT2D eigenvalue weighted by Crippen LogP contribution is -2.14. The monoisotopic (exact) mass is 385 g/mol. The molecule has 0 amide bonds. The maximum absolute atomic E-state index is 12.1. The van der Waals surface area contributed by atoms with Gasteiger partial charge in [-0.25, -0.2) is 0 Å². The summed E-state index contributed by atoms with van der Waals surface area (Å²) >= 11 is 0. The van der Waals surface area contributed by atoms with Crippen LogP contribution in [0.5, 0.6) is 0 Å². The molecule has 1 aliphatic rings. The predicted molar refractivity (Wildman–Crippen MR) is 101 cm³/mol. The van der Waals surface area contributed by atoms with Crippen LogP contribution in [0.1, 0.15) is 44.9 Å². The molecule has 1 rings (SSSR count). The zero-order valence-corrected chi connectivity index (χ0v) is 16.5. The Morgan fingerprint density at radius 1 is 0.630 bits per heavy atom. The maximum Gasteiger partial charge on any atom is 0.149 e. The van der Waals surface area contributed by atoms with Gasteiger partial charge in [-0.2, -0.15) is 5.26 Å². The van der Waals surface area contributed by atoms with E-state index in [9.17, 15) is 10.1 Å². The number of hydrogen-bond donors (Lipinski definition) is 0. The maximum atomic E-state index is 12.1. The zero-order valence-electron chi connectivity index (χ0n) is 16.5. The van der Waals surface area contributed by atoms with Crippen LogP contribution in [-0.2, 0) is 28.5 Å². The van der Waals surface area contributed by atoms with Gasteiger partial charge in [0.1, 0.15) is 11.7 Å². The van der Waals surface area contributed by atoms with Crippen LogP contribution in [0.4, 0.5) is 0 Å². The summed E-state index contributed by atoms with van der Waals surface area (Å²) < 4.78 is 27.3. The van der Waals surface area contributed by atoms with E-state index in [2.05, 4.69) is 6.07 Å². The second kappa shape index (κ2) is 18.3. The van der Waals surface area contributed by atoms with Gasteiger partial charge in [0, 0.05) is 19.6 Å². The molecule has 0 unspecified atom stereocenters. The summed E-state index contributed by atoms with van der Waals surface area (Å²) in [4.78, 5) is 12.1. The van der Waals surface area contributed by atoms with Gasteiger partial charge in [0.25, 0.3) is 0 Å². The van der Waals surface area contributed by atoms with Crippen LogP contribution in [0.2, 0.25) is 0 Å². The average molecular weight is 386 g/mol. The molecular formula is C20H35NO6.